The number of rotatable bonds is 4. The zero-order valence-electron chi connectivity index (χ0n) is 8.95. The average Bonchev–Trinajstić information content (AvgIpc) is 2.17. The van der Waals surface area contributed by atoms with Gasteiger partial charge < -0.3 is 15.7 Å². The third-order valence-corrected chi connectivity index (χ3v) is 2.74. The Morgan fingerprint density at radius 3 is 2.53 bits per heavy atom. The van der Waals surface area contributed by atoms with Crippen molar-refractivity contribution in [2.75, 3.05) is 13.1 Å². The van der Waals surface area contributed by atoms with Crippen LogP contribution in [0.5, 0.6) is 0 Å². The highest BCUT2D eigenvalue weighted by Gasteiger charge is 2.25. The molecule has 86 valence electrons. The van der Waals surface area contributed by atoms with Crippen LogP contribution in [0, 0.1) is 5.92 Å². The second kappa shape index (κ2) is 5.70. The van der Waals surface area contributed by atoms with E-state index in [4.69, 9.17) is 5.11 Å². The lowest BCUT2D eigenvalue weighted by Crippen LogP contribution is -2.44. The van der Waals surface area contributed by atoms with Gasteiger partial charge in [-0.1, -0.05) is 0 Å². The smallest absolute Gasteiger partial charge is 0.305 e. The Morgan fingerprint density at radius 1 is 1.47 bits per heavy atom. The van der Waals surface area contributed by atoms with Crippen molar-refractivity contribution in [3.63, 3.8) is 0 Å². The van der Waals surface area contributed by atoms with E-state index in [0.29, 0.717) is 0 Å². The van der Waals surface area contributed by atoms with E-state index in [-0.39, 0.29) is 24.3 Å². The molecule has 1 aliphatic rings. The molecule has 1 unspecified atom stereocenters. The van der Waals surface area contributed by atoms with Crippen molar-refractivity contribution in [1.82, 2.24) is 10.6 Å². The average molecular weight is 214 g/mol. The number of carbonyl (C=O) groups is 2. The summed E-state index contributed by atoms with van der Waals surface area (Å²) in [6, 6.07) is -0.220. The fourth-order valence-electron chi connectivity index (χ4n) is 2.03. The van der Waals surface area contributed by atoms with Crippen LogP contribution in [0.15, 0.2) is 0 Å². The number of nitrogens with one attached hydrogen (secondary N) is 2. The Balaban J connectivity index is 2.52. The highest BCUT2D eigenvalue weighted by molar-refractivity contribution is 5.75. The van der Waals surface area contributed by atoms with E-state index in [1.54, 1.807) is 0 Å². The predicted octanol–water partition coefficient (Wildman–Crippen LogP) is -0.0346. The molecule has 5 heteroatoms. The molecule has 0 aliphatic carbocycles. The van der Waals surface area contributed by atoms with E-state index in [9.17, 15) is 9.59 Å². The standard InChI is InChI=1S/C10H18N2O3/c1-7(13)12-9(6-10(14)15)8-2-4-11-5-3-8/h8-9,11H,2-6H2,1H3,(H,12,13)(H,14,15). The Morgan fingerprint density at radius 2 is 2.07 bits per heavy atom. The number of amides is 1. The lowest BCUT2D eigenvalue weighted by molar-refractivity contribution is -0.138. The minimum Gasteiger partial charge on any atom is -0.481 e. The molecule has 0 saturated carbocycles. The first-order valence-corrected chi connectivity index (χ1v) is 5.29. The topological polar surface area (TPSA) is 78.4 Å². The highest BCUT2D eigenvalue weighted by Crippen LogP contribution is 2.18. The van der Waals surface area contributed by atoms with Gasteiger partial charge >= 0.3 is 5.97 Å². The molecule has 1 atom stereocenters. The van der Waals surface area contributed by atoms with E-state index in [2.05, 4.69) is 10.6 Å². The molecule has 5 nitrogen and oxygen atoms in total. The molecule has 1 amide bonds. The van der Waals surface area contributed by atoms with Crippen LogP contribution < -0.4 is 10.6 Å². The zero-order valence-corrected chi connectivity index (χ0v) is 8.95. The molecule has 0 spiro atoms. The molecule has 1 fully saturated rings. The van der Waals surface area contributed by atoms with Gasteiger partial charge in [-0.15, -0.1) is 0 Å². The van der Waals surface area contributed by atoms with Crippen LogP contribution >= 0.6 is 0 Å². The molecule has 1 saturated heterocycles. The summed E-state index contributed by atoms with van der Waals surface area (Å²) in [6.07, 6.45) is 1.88. The minimum atomic E-state index is -0.854. The summed E-state index contributed by atoms with van der Waals surface area (Å²) in [5, 5.41) is 14.7. The van der Waals surface area contributed by atoms with Crippen molar-refractivity contribution >= 4 is 11.9 Å². The van der Waals surface area contributed by atoms with Crippen molar-refractivity contribution in [2.24, 2.45) is 5.92 Å². The molecule has 0 aromatic carbocycles. The van der Waals surface area contributed by atoms with E-state index in [0.717, 1.165) is 25.9 Å². The first kappa shape index (κ1) is 12.0. The van der Waals surface area contributed by atoms with Gasteiger partial charge in [0, 0.05) is 13.0 Å². The molecule has 1 rings (SSSR count). The summed E-state index contributed by atoms with van der Waals surface area (Å²) in [5.74, 6) is -0.724. The molecule has 0 bridgehead atoms. The Hall–Kier alpha value is -1.10. The van der Waals surface area contributed by atoms with Crippen LogP contribution in [0.3, 0.4) is 0 Å². The summed E-state index contributed by atoms with van der Waals surface area (Å²) >= 11 is 0. The first-order chi connectivity index (χ1) is 7.09. The monoisotopic (exact) mass is 214 g/mol. The van der Waals surface area contributed by atoms with Gasteiger partial charge in [0.15, 0.2) is 0 Å². The molecule has 0 aromatic heterocycles. The predicted molar refractivity (Wildman–Crippen MR) is 55.5 cm³/mol. The number of hydrogen-bond donors (Lipinski definition) is 3. The van der Waals surface area contributed by atoms with Gasteiger partial charge in [-0.2, -0.15) is 0 Å². The number of piperidine rings is 1. The van der Waals surface area contributed by atoms with Crippen LogP contribution in [0.4, 0.5) is 0 Å². The van der Waals surface area contributed by atoms with Crippen LogP contribution in [-0.4, -0.2) is 36.1 Å². The lowest BCUT2D eigenvalue weighted by Gasteiger charge is -2.30. The Kier molecular flexibility index (Phi) is 4.55. The molecular weight excluding hydrogens is 196 g/mol. The summed E-state index contributed by atoms with van der Waals surface area (Å²) in [7, 11) is 0. The van der Waals surface area contributed by atoms with Crippen molar-refractivity contribution in [3.05, 3.63) is 0 Å². The Bertz CT molecular complexity index is 221. The minimum absolute atomic E-state index is 0.0181. The van der Waals surface area contributed by atoms with Gasteiger partial charge in [0.25, 0.3) is 0 Å². The van der Waals surface area contributed by atoms with E-state index >= 15 is 0 Å². The third kappa shape index (κ3) is 4.29. The molecule has 3 N–H and O–H groups in total. The highest BCUT2D eigenvalue weighted by atomic mass is 16.4. The quantitative estimate of drug-likeness (QED) is 0.614. The van der Waals surface area contributed by atoms with Gasteiger partial charge in [0.1, 0.15) is 0 Å². The van der Waals surface area contributed by atoms with Crippen LogP contribution in [-0.2, 0) is 9.59 Å². The van der Waals surface area contributed by atoms with Gasteiger partial charge in [0.05, 0.1) is 6.42 Å². The first-order valence-electron chi connectivity index (χ1n) is 5.29. The maximum Gasteiger partial charge on any atom is 0.305 e. The van der Waals surface area contributed by atoms with E-state index in [1.165, 1.54) is 6.92 Å². The summed E-state index contributed by atoms with van der Waals surface area (Å²) < 4.78 is 0. The number of carboxylic acids is 1. The summed E-state index contributed by atoms with van der Waals surface area (Å²) in [4.78, 5) is 21.6. The molecule has 1 heterocycles. The SMILES string of the molecule is CC(=O)NC(CC(=O)O)C1CCNCC1. The molecule has 15 heavy (non-hydrogen) atoms. The maximum atomic E-state index is 11.0. The van der Waals surface area contributed by atoms with Gasteiger partial charge in [-0.05, 0) is 31.8 Å². The van der Waals surface area contributed by atoms with Crippen molar-refractivity contribution in [3.8, 4) is 0 Å². The maximum absolute atomic E-state index is 11.0. The van der Waals surface area contributed by atoms with Crippen LogP contribution in [0.25, 0.3) is 0 Å². The van der Waals surface area contributed by atoms with Gasteiger partial charge in [-0.3, -0.25) is 9.59 Å². The second-order valence-electron chi connectivity index (χ2n) is 3.99. The number of carbonyl (C=O) groups excluding carboxylic acids is 1. The Labute approximate surface area is 89.2 Å². The van der Waals surface area contributed by atoms with Crippen molar-refractivity contribution < 1.29 is 14.7 Å². The summed E-state index contributed by atoms with van der Waals surface area (Å²) in [5.41, 5.74) is 0. The number of carboxylic acid groups (broad SMARTS) is 1. The van der Waals surface area contributed by atoms with Crippen molar-refractivity contribution in [2.45, 2.75) is 32.2 Å². The number of aliphatic carboxylic acids is 1. The largest absolute Gasteiger partial charge is 0.481 e. The van der Waals surface area contributed by atoms with Gasteiger partial charge in [0.2, 0.25) is 5.91 Å². The van der Waals surface area contributed by atoms with Crippen LogP contribution in [0.2, 0.25) is 0 Å². The fourth-order valence-corrected chi connectivity index (χ4v) is 2.03. The zero-order chi connectivity index (χ0) is 11.3. The molecule has 0 aromatic rings. The molecular formula is C10H18N2O3. The van der Waals surface area contributed by atoms with Gasteiger partial charge in [-0.25, -0.2) is 0 Å². The fraction of sp³-hybridized carbons (Fsp3) is 0.800. The molecule has 1 aliphatic heterocycles. The lowest BCUT2D eigenvalue weighted by atomic mass is 9.88. The number of hydrogen-bond acceptors (Lipinski definition) is 3. The van der Waals surface area contributed by atoms with Crippen LogP contribution in [0.1, 0.15) is 26.2 Å². The third-order valence-electron chi connectivity index (χ3n) is 2.74. The normalized spacial score (nSPS) is 19.5. The second-order valence-corrected chi connectivity index (χ2v) is 3.99. The van der Waals surface area contributed by atoms with Crippen molar-refractivity contribution in [1.29, 1.82) is 0 Å². The van der Waals surface area contributed by atoms with E-state index in [1.807, 2.05) is 0 Å². The summed E-state index contributed by atoms with van der Waals surface area (Å²) in [6.45, 7) is 3.23. The molecule has 0 radical (unpaired) electrons. The van der Waals surface area contributed by atoms with E-state index < -0.39 is 5.97 Å².